The Labute approximate surface area is 116 Å². The van der Waals surface area contributed by atoms with Gasteiger partial charge in [-0.2, -0.15) is 0 Å². The number of nitrogens with two attached hydrogens (primary N) is 1. The Morgan fingerprint density at radius 2 is 2.16 bits per heavy atom. The summed E-state index contributed by atoms with van der Waals surface area (Å²) in [5.74, 6) is -1.04. The van der Waals surface area contributed by atoms with Crippen LogP contribution in [0.3, 0.4) is 0 Å². The molecule has 4 N–H and O–H groups in total. The number of sulfonamides is 1. The highest BCUT2D eigenvalue weighted by Gasteiger charge is 2.21. The predicted octanol–water partition coefficient (Wildman–Crippen LogP) is 1.50. The van der Waals surface area contributed by atoms with Crippen LogP contribution < -0.4 is 10.5 Å². The van der Waals surface area contributed by atoms with Gasteiger partial charge in [0.1, 0.15) is 4.90 Å². The van der Waals surface area contributed by atoms with Gasteiger partial charge in [-0.25, -0.2) is 17.5 Å². The standard InChI is InChI=1S/C11H16ClFN2O3S/c1-2-8(16)3-4-15-19(17,18)10-6-7(14)5-9(12)11(10)13/h5-6,8,15-16H,2-4,14H2,1H3. The number of nitrogen functional groups attached to an aromatic ring is 1. The smallest absolute Gasteiger partial charge is 0.243 e. The molecule has 108 valence electrons. The van der Waals surface area contributed by atoms with E-state index in [1.165, 1.54) is 0 Å². The summed E-state index contributed by atoms with van der Waals surface area (Å²) in [5.41, 5.74) is 5.50. The molecule has 0 aromatic heterocycles. The van der Waals surface area contributed by atoms with Crippen molar-refractivity contribution in [1.29, 1.82) is 0 Å². The van der Waals surface area contributed by atoms with Gasteiger partial charge in [-0.15, -0.1) is 0 Å². The van der Waals surface area contributed by atoms with Crippen molar-refractivity contribution in [3.63, 3.8) is 0 Å². The van der Waals surface area contributed by atoms with Crippen molar-refractivity contribution in [3.05, 3.63) is 23.0 Å². The average molecular weight is 311 g/mol. The van der Waals surface area contributed by atoms with Crippen LogP contribution in [-0.2, 0) is 10.0 Å². The lowest BCUT2D eigenvalue weighted by Gasteiger charge is -2.11. The van der Waals surface area contributed by atoms with Crippen LogP contribution in [0.25, 0.3) is 0 Å². The molecule has 0 radical (unpaired) electrons. The minimum absolute atomic E-state index is 0.00317. The molecule has 0 aliphatic carbocycles. The zero-order valence-corrected chi connectivity index (χ0v) is 11.9. The number of benzene rings is 1. The average Bonchev–Trinajstić information content (AvgIpc) is 2.33. The molecule has 0 heterocycles. The van der Waals surface area contributed by atoms with Gasteiger partial charge in [0.05, 0.1) is 11.1 Å². The summed E-state index contributed by atoms with van der Waals surface area (Å²) in [7, 11) is -4.04. The highest BCUT2D eigenvalue weighted by Crippen LogP contribution is 2.25. The zero-order chi connectivity index (χ0) is 14.6. The van der Waals surface area contributed by atoms with E-state index in [1.54, 1.807) is 6.92 Å². The summed E-state index contributed by atoms with van der Waals surface area (Å²) in [5, 5.41) is 8.97. The van der Waals surface area contributed by atoms with E-state index in [9.17, 15) is 17.9 Å². The fraction of sp³-hybridized carbons (Fsp3) is 0.455. The quantitative estimate of drug-likeness (QED) is 0.694. The third kappa shape index (κ3) is 4.31. The van der Waals surface area contributed by atoms with Crippen molar-refractivity contribution in [2.45, 2.75) is 30.8 Å². The fourth-order valence-electron chi connectivity index (χ4n) is 1.42. The molecule has 0 bridgehead atoms. The topological polar surface area (TPSA) is 92.4 Å². The first-order chi connectivity index (χ1) is 8.77. The molecule has 8 heteroatoms. The Kier molecular flexibility index (Phi) is 5.54. The number of aliphatic hydroxyl groups is 1. The van der Waals surface area contributed by atoms with Crippen LogP contribution in [0.2, 0.25) is 5.02 Å². The molecule has 19 heavy (non-hydrogen) atoms. The van der Waals surface area contributed by atoms with Crippen molar-refractivity contribution in [1.82, 2.24) is 4.72 Å². The van der Waals surface area contributed by atoms with E-state index >= 15 is 0 Å². The van der Waals surface area contributed by atoms with Crippen LogP contribution in [0.4, 0.5) is 10.1 Å². The number of aliphatic hydroxyl groups excluding tert-OH is 1. The molecule has 0 spiro atoms. The molecule has 0 saturated heterocycles. The molecule has 0 aliphatic rings. The summed E-state index contributed by atoms with van der Waals surface area (Å²) in [6, 6.07) is 2.14. The second-order valence-corrected chi connectivity index (χ2v) is 6.21. The van der Waals surface area contributed by atoms with Crippen LogP contribution in [0.1, 0.15) is 19.8 Å². The maximum Gasteiger partial charge on any atom is 0.243 e. The van der Waals surface area contributed by atoms with E-state index in [1.807, 2.05) is 0 Å². The normalized spacial score (nSPS) is 13.5. The lowest BCUT2D eigenvalue weighted by atomic mass is 10.2. The number of hydrogen-bond acceptors (Lipinski definition) is 4. The lowest BCUT2D eigenvalue weighted by Crippen LogP contribution is -2.28. The van der Waals surface area contributed by atoms with E-state index in [2.05, 4.69) is 4.72 Å². The van der Waals surface area contributed by atoms with Gasteiger partial charge in [0, 0.05) is 12.2 Å². The van der Waals surface area contributed by atoms with Crippen LogP contribution in [0, 0.1) is 5.82 Å². The first-order valence-corrected chi connectivity index (χ1v) is 7.56. The van der Waals surface area contributed by atoms with E-state index in [0.717, 1.165) is 12.1 Å². The van der Waals surface area contributed by atoms with Crippen molar-refractivity contribution < 1.29 is 17.9 Å². The minimum Gasteiger partial charge on any atom is -0.399 e. The van der Waals surface area contributed by atoms with Gasteiger partial charge in [-0.05, 0) is 25.0 Å². The van der Waals surface area contributed by atoms with Gasteiger partial charge >= 0.3 is 0 Å². The highest BCUT2D eigenvalue weighted by atomic mass is 35.5. The van der Waals surface area contributed by atoms with E-state index in [4.69, 9.17) is 17.3 Å². The van der Waals surface area contributed by atoms with Gasteiger partial charge in [0.2, 0.25) is 10.0 Å². The van der Waals surface area contributed by atoms with Gasteiger partial charge in [0.25, 0.3) is 0 Å². The Morgan fingerprint density at radius 3 is 2.74 bits per heavy atom. The summed E-state index contributed by atoms with van der Waals surface area (Å²) < 4.78 is 39.6. The van der Waals surface area contributed by atoms with Crippen molar-refractivity contribution in [3.8, 4) is 0 Å². The molecule has 1 aromatic rings. The van der Waals surface area contributed by atoms with Gasteiger partial charge in [0.15, 0.2) is 5.82 Å². The molecular weight excluding hydrogens is 295 g/mol. The molecule has 0 fully saturated rings. The second-order valence-electron chi connectivity index (χ2n) is 4.06. The number of anilines is 1. The van der Waals surface area contributed by atoms with E-state index in [0.29, 0.717) is 6.42 Å². The Balaban J connectivity index is 2.89. The Hall–Kier alpha value is -0.890. The van der Waals surface area contributed by atoms with E-state index in [-0.39, 0.29) is 23.7 Å². The monoisotopic (exact) mass is 310 g/mol. The Bertz CT molecular complexity index is 551. The number of rotatable bonds is 6. The molecule has 0 saturated carbocycles. The first kappa shape index (κ1) is 16.2. The maximum atomic E-state index is 13.7. The minimum atomic E-state index is -4.04. The summed E-state index contributed by atoms with van der Waals surface area (Å²) in [6.45, 7) is 1.78. The predicted molar refractivity (Wildman–Crippen MR) is 71.9 cm³/mol. The lowest BCUT2D eigenvalue weighted by molar-refractivity contribution is 0.162. The van der Waals surface area contributed by atoms with Gasteiger partial charge in [-0.3, -0.25) is 0 Å². The Morgan fingerprint density at radius 1 is 1.53 bits per heavy atom. The molecule has 5 nitrogen and oxygen atoms in total. The maximum absolute atomic E-state index is 13.7. The number of nitrogens with one attached hydrogen (secondary N) is 1. The molecule has 0 amide bonds. The summed E-state index contributed by atoms with van der Waals surface area (Å²) in [6.07, 6.45) is 0.158. The molecule has 1 rings (SSSR count). The van der Waals surface area contributed by atoms with Crippen LogP contribution in [-0.4, -0.2) is 26.2 Å². The summed E-state index contributed by atoms with van der Waals surface area (Å²) >= 11 is 5.54. The van der Waals surface area contributed by atoms with Crippen molar-refractivity contribution >= 4 is 27.3 Å². The second kappa shape index (κ2) is 6.51. The molecule has 0 aliphatic heterocycles. The fourth-order valence-corrected chi connectivity index (χ4v) is 2.88. The molecule has 1 atom stereocenters. The number of halogens is 2. The molecule has 1 aromatic carbocycles. The van der Waals surface area contributed by atoms with Crippen molar-refractivity contribution in [2.75, 3.05) is 12.3 Å². The first-order valence-electron chi connectivity index (χ1n) is 5.70. The molecule has 1 unspecified atom stereocenters. The van der Waals surface area contributed by atoms with Crippen molar-refractivity contribution in [2.24, 2.45) is 0 Å². The van der Waals surface area contributed by atoms with Crippen LogP contribution >= 0.6 is 11.6 Å². The largest absolute Gasteiger partial charge is 0.399 e. The van der Waals surface area contributed by atoms with Gasteiger partial charge in [-0.1, -0.05) is 18.5 Å². The molecular formula is C11H16ClFN2O3S. The zero-order valence-electron chi connectivity index (χ0n) is 10.4. The van der Waals surface area contributed by atoms with Crippen LogP contribution in [0.5, 0.6) is 0 Å². The third-order valence-electron chi connectivity index (χ3n) is 2.55. The van der Waals surface area contributed by atoms with Gasteiger partial charge < -0.3 is 10.8 Å². The SMILES string of the molecule is CCC(O)CCNS(=O)(=O)c1cc(N)cc(Cl)c1F. The number of hydrogen-bond donors (Lipinski definition) is 3. The van der Waals surface area contributed by atoms with E-state index < -0.39 is 26.8 Å². The van der Waals surface area contributed by atoms with Crippen LogP contribution in [0.15, 0.2) is 17.0 Å². The summed E-state index contributed by atoms with van der Waals surface area (Å²) in [4.78, 5) is -0.594. The highest BCUT2D eigenvalue weighted by molar-refractivity contribution is 7.89. The third-order valence-corrected chi connectivity index (χ3v) is 4.28.